The third kappa shape index (κ3) is 7.15. The first kappa shape index (κ1) is 27.4. The minimum atomic E-state index is -2.66. The molecule has 0 saturated heterocycles. The van der Waals surface area contributed by atoms with Gasteiger partial charge >= 0.3 is 17.2 Å². The van der Waals surface area contributed by atoms with E-state index >= 15 is 0 Å². The predicted molar refractivity (Wildman–Crippen MR) is 141 cm³/mol. The number of aryl methyl sites for hydroxylation is 1. The molecule has 2 aromatic carbocycles. The molecule has 188 valence electrons. The Balaban J connectivity index is 2.02. The largest absolute Gasteiger partial charge is 0.470 e. The Hall–Kier alpha value is -1.22. The maximum atomic E-state index is 9.75. The average Bonchev–Trinajstić information content (AvgIpc) is 2.73. The van der Waals surface area contributed by atoms with Gasteiger partial charge in [0.15, 0.2) is 0 Å². The summed E-state index contributed by atoms with van der Waals surface area (Å²) in [5.74, 6) is 1.82. The molecule has 1 saturated carbocycles. The number of hydrogen-bond acceptors (Lipinski definition) is 5. The van der Waals surface area contributed by atoms with Crippen LogP contribution in [0.2, 0.25) is 0 Å². The van der Waals surface area contributed by atoms with E-state index in [9.17, 15) is 9.79 Å². The van der Waals surface area contributed by atoms with Gasteiger partial charge in [0.2, 0.25) is 0 Å². The van der Waals surface area contributed by atoms with Crippen molar-refractivity contribution in [3.05, 3.63) is 58.7 Å². The van der Waals surface area contributed by atoms with Crippen LogP contribution in [0.25, 0.3) is 0 Å². The predicted octanol–water partition coefficient (Wildman–Crippen LogP) is 8.55. The maximum Gasteiger partial charge on any atom is 0.470 e. The molecule has 1 atom stereocenters. The van der Waals surface area contributed by atoms with Crippen LogP contribution in [0.5, 0.6) is 11.5 Å². The summed E-state index contributed by atoms with van der Waals surface area (Å²) in [5, 5.41) is 0. The molecule has 0 bridgehead atoms. The molecule has 2 aromatic rings. The van der Waals surface area contributed by atoms with Crippen LogP contribution in [0.3, 0.4) is 0 Å². The summed E-state index contributed by atoms with van der Waals surface area (Å²) >= 11 is 0. The Morgan fingerprint density at radius 3 is 1.91 bits per heavy atom. The fourth-order valence-corrected chi connectivity index (χ4v) is 6.02. The Bertz CT molecular complexity index is 921. The van der Waals surface area contributed by atoms with Gasteiger partial charge in [-0.25, -0.2) is 4.31 Å². The lowest BCUT2D eigenvalue weighted by molar-refractivity contribution is 0.326. The summed E-state index contributed by atoms with van der Waals surface area (Å²) in [5.41, 5.74) is 3.99. The molecule has 5 nitrogen and oxygen atoms in total. The lowest BCUT2D eigenvalue weighted by atomic mass is 9.78. The molecule has 2 N–H and O–H groups in total. The van der Waals surface area contributed by atoms with E-state index in [1.165, 1.54) is 19.3 Å². The van der Waals surface area contributed by atoms with E-state index < -0.39 is 17.2 Å². The second-order valence-corrected chi connectivity index (χ2v) is 13.3. The molecule has 34 heavy (non-hydrogen) atoms. The van der Waals surface area contributed by atoms with E-state index in [0.29, 0.717) is 17.4 Å². The summed E-state index contributed by atoms with van der Waals surface area (Å²) < 4.78 is 18.2. The minimum absolute atomic E-state index is 0.189. The van der Waals surface area contributed by atoms with Crippen molar-refractivity contribution in [1.82, 2.24) is 0 Å². The summed E-state index contributed by atoms with van der Waals surface area (Å²) in [4.78, 5) is 19.5. The topological polar surface area (TPSA) is 68.2 Å². The molecule has 1 unspecified atom stereocenters. The molecule has 0 aliphatic heterocycles. The average molecular weight is 507 g/mol. The Morgan fingerprint density at radius 1 is 0.824 bits per heavy atom. The van der Waals surface area contributed by atoms with E-state index in [-0.39, 0.29) is 10.8 Å². The highest BCUT2D eigenvalue weighted by Crippen LogP contribution is 2.55. The van der Waals surface area contributed by atoms with Gasteiger partial charge < -0.3 is 18.8 Å². The van der Waals surface area contributed by atoms with Crippen LogP contribution in [0, 0.1) is 6.92 Å². The van der Waals surface area contributed by atoms with Gasteiger partial charge in [-0.2, -0.15) is 0 Å². The summed E-state index contributed by atoms with van der Waals surface area (Å²) in [7, 11) is -4.76. The minimum Gasteiger partial charge on any atom is -0.417 e. The first-order valence-electron chi connectivity index (χ1n) is 12.1. The highest BCUT2D eigenvalue weighted by atomic mass is 31.2. The molecule has 0 aromatic heterocycles. The van der Waals surface area contributed by atoms with E-state index in [4.69, 9.17) is 13.4 Å². The Labute approximate surface area is 207 Å². The van der Waals surface area contributed by atoms with Crippen LogP contribution < -0.4 is 9.05 Å². The zero-order chi connectivity index (χ0) is 25.1. The van der Waals surface area contributed by atoms with Crippen molar-refractivity contribution in [1.29, 1.82) is 0 Å². The standard InChI is InChI=1S/C27H40O5P2/c1-19-17-22(26(2,3)4)25(23(18-19)27(5,6)7)31-34(32-33(28)29)30-24-16-12-11-15-21(24)20-13-9-8-10-14-20/h11-12,15-18,20,28-29H,8-10,13-14H2,1-7H3. The molecular formula is C27H40O5P2. The summed E-state index contributed by atoms with van der Waals surface area (Å²) in [6, 6.07) is 12.3. The molecule has 0 amide bonds. The van der Waals surface area contributed by atoms with Gasteiger partial charge in [0.1, 0.15) is 11.5 Å². The second kappa shape index (κ2) is 11.2. The Kier molecular flexibility index (Phi) is 9.04. The van der Waals surface area contributed by atoms with Crippen molar-refractivity contribution in [3.8, 4) is 11.5 Å². The second-order valence-electron chi connectivity index (χ2n) is 11.3. The molecule has 1 fully saturated rings. The van der Waals surface area contributed by atoms with Gasteiger partial charge in [0.05, 0.1) is 0 Å². The first-order chi connectivity index (χ1) is 15.9. The molecule has 1 aliphatic rings. The lowest BCUT2D eigenvalue weighted by Crippen LogP contribution is -2.20. The van der Waals surface area contributed by atoms with Gasteiger partial charge in [-0.05, 0) is 48.1 Å². The number of hydrogen-bond donors (Lipinski definition) is 2. The normalized spacial score (nSPS) is 16.5. The summed E-state index contributed by atoms with van der Waals surface area (Å²) in [6.45, 7) is 15.0. The monoisotopic (exact) mass is 506 g/mol. The van der Waals surface area contributed by atoms with Crippen LogP contribution in [0.15, 0.2) is 36.4 Å². The zero-order valence-electron chi connectivity index (χ0n) is 21.6. The fraction of sp³-hybridized carbons (Fsp3) is 0.556. The van der Waals surface area contributed by atoms with Crippen molar-refractivity contribution in [2.24, 2.45) is 0 Å². The van der Waals surface area contributed by atoms with Crippen LogP contribution in [-0.2, 0) is 15.1 Å². The van der Waals surface area contributed by atoms with Crippen molar-refractivity contribution in [2.75, 3.05) is 0 Å². The van der Waals surface area contributed by atoms with Crippen molar-refractivity contribution in [2.45, 2.75) is 97.3 Å². The summed E-state index contributed by atoms with van der Waals surface area (Å²) in [6.07, 6.45) is 5.97. The highest BCUT2D eigenvalue weighted by molar-refractivity contribution is 7.55. The van der Waals surface area contributed by atoms with Crippen molar-refractivity contribution >= 4 is 17.2 Å². The lowest BCUT2D eigenvalue weighted by Gasteiger charge is -2.31. The smallest absolute Gasteiger partial charge is 0.417 e. The first-order valence-corrected chi connectivity index (χ1v) is 14.4. The van der Waals surface area contributed by atoms with Gasteiger partial charge in [-0.1, -0.05) is 96.7 Å². The van der Waals surface area contributed by atoms with Gasteiger partial charge in [0, 0.05) is 11.1 Å². The molecule has 3 rings (SSSR count). The quantitative estimate of drug-likeness (QED) is 0.368. The van der Waals surface area contributed by atoms with E-state index in [2.05, 4.69) is 66.7 Å². The zero-order valence-corrected chi connectivity index (χ0v) is 23.4. The van der Waals surface area contributed by atoms with Gasteiger partial charge in [0.25, 0.3) is 0 Å². The third-order valence-electron chi connectivity index (χ3n) is 6.29. The number of para-hydroxylation sites is 1. The van der Waals surface area contributed by atoms with Crippen LogP contribution >= 0.6 is 17.2 Å². The maximum absolute atomic E-state index is 9.75. The molecule has 0 spiro atoms. The van der Waals surface area contributed by atoms with E-state index in [1.54, 1.807) is 0 Å². The van der Waals surface area contributed by atoms with Crippen LogP contribution in [0.1, 0.15) is 102 Å². The van der Waals surface area contributed by atoms with E-state index in [1.807, 2.05) is 18.2 Å². The van der Waals surface area contributed by atoms with Gasteiger partial charge in [-0.15, -0.1) is 0 Å². The molecule has 7 heteroatoms. The van der Waals surface area contributed by atoms with Crippen molar-refractivity contribution in [3.63, 3.8) is 0 Å². The highest BCUT2D eigenvalue weighted by Gasteiger charge is 2.33. The fourth-order valence-electron chi connectivity index (χ4n) is 4.57. The third-order valence-corrected chi connectivity index (χ3v) is 8.09. The SMILES string of the molecule is Cc1cc(C(C)(C)C)c(OP(Oc2ccccc2C2CCCCC2)OP(O)O)c(C(C)(C)C)c1. The molecule has 1 aliphatic carbocycles. The van der Waals surface area contributed by atoms with Crippen molar-refractivity contribution < 1.29 is 23.1 Å². The molecule has 0 heterocycles. The molecule has 0 radical (unpaired) electrons. The van der Waals surface area contributed by atoms with Gasteiger partial charge in [-0.3, -0.25) is 0 Å². The number of benzene rings is 2. The number of rotatable bonds is 7. The Morgan fingerprint density at radius 2 is 1.38 bits per heavy atom. The van der Waals surface area contributed by atoms with Crippen LogP contribution in [0.4, 0.5) is 0 Å². The van der Waals surface area contributed by atoms with E-state index in [0.717, 1.165) is 35.1 Å². The molecular weight excluding hydrogens is 466 g/mol. The van der Waals surface area contributed by atoms with Crippen LogP contribution in [-0.4, -0.2) is 9.79 Å².